The van der Waals surface area contributed by atoms with Crippen LogP contribution in [0.3, 0.4) is 0 Å². The lowest BCUT2D eigenvalue weighted by atomic mass is 10.2. The fraction of sp³-hybridized carbons (Fsp3) is 0. The topological polar surface area (TPSA) is 128 Å². The Bertz CT molecular complexity index is 886. The molecule has 0 aliphatic carbocycles. The first-order valence-corrected chi connectivity index (χ1v) is 7.35. The molecule has 0 aliphatic heterocycles. The Balaban J connectivity index is 2.09. The lowest BCUT2D eigenvalue weighted by Gasteiger charge is -2.07. The van der Waals surface area contributed by atoms with E-state index >= 15 is 0 Å². The minimum atomic E-state index is -1.04. The molecule has 0 bridgehead atoms. The molecule has 0 aliphatic rings. The molecule has 0 fully saturated rings. The zero-order valence-corrected chi connectivity index (χ0v) is 13.5. The molecule has 1 amide bonds. The molecule has 0 aromatic heterocycles. The average Bonchev–Trinajstić information content (AvgIpc) is 2.58. The number of hydrogen-bond acceptors (Lipinski definition) is 5. The van der Waals surface area contributed by atoms with Crippen LogP contribution < -0.4 is 16.4 Å². The minimum Gasteiger partial charge on any atom is -0.478 e. The summed E-state index contributed by atoms with van der Waals surface area (Å²) < 4.78 is 0. The van der Waals surface area contributed by atoms with Crippen molar-refractivity contribution in [2.75, 3.05) is 16.4 Å². The molecule has 0 spiro atoms. The van der Waals surface area contributed by atoms with Crippen molar-refractivity contribution in [3.05, 3.63) is 64.8 Å². The molecule has 0 radical (unpaired) electrons. The number of aromatic carboxylic acids is 1. The minimum absolute atomic E-state index is 0.130. The summed E-state index contributed by atoms with van der Waals surface area (Å²) in [5.41, 5.74) is 6.82. The van der Waals surface area contributed by atoms with Gasteiger partial charge in [-0.15, -0.1) is 0 Å². The van der Waals surface area contributed by atoms with Crippen LogP contribution in [0.15, 0.2) is 54.2 Å². The van der Waals surface area contributed by atoms with E-state index in [1.54, 1.807) is 12.1 Å². The highest BCUT2D eigenvalue weighted by Crippen LogP contribution is 2.24. The van der Waals surface area contributed by atoms with Gasteiger partial charge in [0.2, 0.25) is 0 Å². The van der Waals surface area contributed by atoms with E-state index in [0.29, 0.717) is 17.1 Å². The van der Waals surface area contributed by atoms with Gasteiger partial charge in [-0.05, 0) is 42.5 Å². The van der Waals surface area contributed by atoms with Gasteiger partial charge in [0.1, 0.15) is 11.6 Å². The third kappa shape index (κ3) is 4.73. The Morgan fingerprint density at radius 1 is 1.20 bits per heavy atom. The largest absolute Gasteiger partial charge is 0.478 e. The van der Waals surface area contributed by atoms with Crippen molar-refractivity contribution in [1.82, 2.24) is 0 Å². The third-order valence-electron chi connectivity index (χ3n) is 3.12. The molecule has 0 saturated heterocycles. The number of nitrogens with one attached hydrogen (secondary N) is 2. The molecular weight excluding hydrogens is 344 g/mol. The number of carbonyl (C=O) groups is 2. The van der Waals surface area contributed by atoms with E-state index in [4.69, 9.17) is 27.7 Å². The second-order valence-corrected chi connectivity index (χ2v) is 5.30. The molecule has 7 nitrogen and oxygen atoms in total. The van der Waals surface area contributed by atoms with Crippen molar-refractivity contribution in [2.24, 2.45) is 0 Å². The van der Waals surface area contributed by atoms with Crippen LogP contribution in [0.5, 0.6) is 0 Å². The van der Waals surface area contributed by atoms with Crippen LogP contribution >= 0.6 is 11.6 Å². The number of benzene rings is 2. The van der Waals surface area contributed by atoms with E-state index < -0.39 is 11.9 Å². The summed E-state index contributed by atoms with van der Waals surface area (Å²) >= 11 is 5.97. The fourth-order valence-electron chi connectivity index (χ4n) is 1.84. The highest BCUT2D eigenvalue weighted by atomic mass is 35.5. The quantitative estimate of drug-likeness (QED) is 0.370. The average molecular weight is 357 g/mol. The number of nitriles is 1. The van der Waals surface area contributed by atoms with Gasteiger partial charge in [-0.25, -0.2) is 4.79 Å². The zero-order chi connectivity index (χ0) is 18.4. The Labute approximate surface area is 148 Å². The van der Waals surface area contributed by atoms with Gasteiger partial charge in [-0.3, -0.25) is 4.79 Å². The second kappa shape index (κ2) is 7.86. The van der Waals surface area contributed by atoms with Gasteiger partial charge in [0.25, 0.3) is 5.91 Å². The van der Waals surface area contributed by atoms with Gasteiger partial charge in [0.15, 0.2) is 0 Å². The van der Waals surface area contributed by atoms with Crippen molar-refractivity contribution >= 4 is 40.5 Å². The molecule has 8 heteroatoms. The van der Waals surface area contributed by atoms with Gasteiger partial charge in [-0.2, -0.15) is 5.26 Å². The first kappa shape index (κ1) is 17.8. The van der Waals surface area contributed by atoms with Crippen LogP contribution in [0, 0.1) is 11.3 Å². The normalized spacial score (nSPS) is 10.6. The predicted molar refractivity (Wildman–Crippen MR) is 95.2 cm³/mol. The fourth-order valence-corrected chi connectivity index (χ4v) is 2.07. The molecule has 5 N–H and O–H groups in total. The summed E-state index contributed by atoms with van der Waals surface area (Å²) in [6.07, 6.45) is 1.22. The summed E-state index contributed by atoms with van der Waals surface area (Å²) in [5.74, 6) is -1.69. The first-order valence-electron chi connectivity index (χ1n) is 6.97. The number of nitrogen functional groups attached to an aromatic ring is 1. The van der Waals surface area contributed by atoms with Crippen LogP contribution in [0.25, 0.3) is 0 Å². The van der Waals surface area contributed by atoms with Crippen LogP contribution in [0.2, 0.25) is 5.02 Å². The first-order chi connectivity index (χ1) is 11.9. The van der Waals surface area contributed by atoms with Gasteiger partial charge in [-0.1, -0.05) is 11.6 Å². The van der Waals surface area contributed by atoms with Gasteiger partial charge >= 0.3 is 5.97 Å². The molecule has 0 heterocycles. The van der Waals surface area contributed by atoms with Crippen molar-refractivity contribution < 1.29 is 14.7 Å². The Morgan fingerprint density at radius 2 is 1.88 bits per heavy atom. The Morgan fingerprint density at radius 3 is 2.44 bits per heavy atom. The number of nitrogens with zero attached hydrogens (tertiary/aromatic N) is 1. The number of carboxylic acids is 1. The number of anilines is 3. The van der Waals surface area contributed by atoms with E-state index in [1.165, 1.54) is 42.6 Å². The molecule has 0 saturated carbocycles. The third-order valence-corrected chi connectivity index (χ3v) is 3.43. The zero-order valence-electron chi connectivity index (χ0n) is 12.8. The molecular formula is C17H13ClN4O3. The van der Waals surface area contributed by atoms with Crippen molar-refractivity contribution in [3.63, 3.8) is 0 Å². The summed E-state index contributed by atoms with van der Waals surface area (Å²) in [5, 5.41) is 23.5. The number of nitrogens with two attached hydrogens (primary N) is 1. The van der Waals surface area contributed by atoms with E-state index in [-0.39, 0.29) is 16.2 Å². The Hall–Kier alpha value is -3.50. The molecule has 2 aromatic carbocycles. The molecule has 2 rings (SSSR count). The van der Waals surface area contributed by atoms with E-state index in [1.807, 2.05) is 0 Å². The number of amides is 1. The van der Waals surface area contributed by atoms with Crippen molar-refractivity contribution in [3.8, 4) is 6.07 Å². The highest BCUT2D eigenvalue weighted by Gasteiger charge is 2.11. The molecule has 0 atom stereocenters. The summed E-state index contributed by atoms with van der Waals surface area (Å²) in [6, 6.07) is 12.2. The number of carboxylic acid groups (broad SMARTS) is 1. The van der Waals surface area contributed by atoms with Crippen molar-refractivity contribution in [1.29, 1.82) is 5.26 Å². The second-order valence-electron chi connectivity index (χ2n) is 4.89. The summed E-state index contributed by atoms with van der Waals surface area (Å²) in [6.45, 7) is 0. The van der Waals surface area contributed by atoms with E-state index in [2.05, 4.69) is 10.6 Å². The summed E-state index contributed by atoms with van der Waals surface area (Å²) in [7, 11) is 0. The molecule has 126 valence electrons. The maximum Gasteiger partial charge on any atom is 0.335 e. The standard InChI is InChI=1S/C17H13ClN4O3/c18-14-7-12(20)3-6-15(14)22-16(23)11(8-19)9-21-13-4-1-10(2-5-13)17(24)25/h1-7,9,21H,20H2,(H,22,23)(H,24,25)/b11-9-. The number of hydrogen-bond donors (Lipinski definition) is 4. The van der Waals surface area contributed by atoms with Crippen molar-refractivity contribution in [2.45, 2.75) is 0 Å². The number of carbonyl (C=O) groups excluding carboxylic acids is 1. The number of rotatable bonds is 5. The van der Waals surface area contributed by atoms with Crippen LogP contribution in [0.1, 0.15) is 10.4 Å². The SMILES string of the molecule is N#C/C(=C/Nc1ccc(C(=O)O)cc1)C(=O)Nc1ccc(N)cc1Cl. The van der Waals surface area contributed by atoms with Crippen LogP contribution in [0.4, 0.5) is 17.1 Å². The number of halogens is 1. The highest BCUT2D eigenvalue weighted by molar-refractivity contribution is 6.34. The van der Waals surface area contributed by atoms with E-state index in [9.17, 15) is 9.59 Å². The van der Waals surface area contributed by atoms with Gasteiger partial charge in [0, 0.05) is 17.6 Å². The van der Waals surface area contributed by atoms with Crippen LogP contribution in [-0.2, 0) is 4.79 Å². The molecule has 0 unspecified atom stereocenters. The predicted octanol–water partition coefficient (Wildman–Crippen LogP) is 3.08. The van der Waals surface area contributed by atoms with E-state index in [0.717, 1.165) is 0 Å². The maximum absolute atomic E-state index is 12.1. The lowest BCUT2D eigenvalue weighted by molar-refractivity contribution is -0.112. The van der Waals surface area contributed by atoms with Gasteiger partial charge in [0.05, 0.1) is 16.3 Å². The monoisotopic (exact) mass is 356 g/mol. The molecule has 2 aromatic rings. The lowest BCUT2D eigenvalue weighted by Crippen LogP contribution is -2.15. The maximum atomic E-state index is 12.1. The van der Waals surface area contributed by atoms with Gasteiger partial charge < -0.3 is 21.5 Å². The summed E-state index contributed by atoms with van der Waals surface area (Å²) in [4.78, 5) is 22.9. The smallest absolute Gasteiger partial charge is 0.335 e. The molecule has 25 heavy (non-hydrogen) atoms. The van der Waals surface area contributed by atoms with Crippen LogP contribution in [-0.4, -0.2) is 17.0 Å². The Kier molecular flexibility index (Phi) is 5.61.